The first kappa shape index (κ1) is 16.7. The van der Waals surface area contributed by atoms with Crippen LogP contribution in [0.3, 0.4) is 0 Å². The van der Waals surface area contributed by atoms with Crippen molar-refractivity contribution in [3.05, 3.63) is 45.9 Å². The predicted octanol–water partition coefficient (Wildman–Crippen LogP) is 3.14. The normalized spacial score (nSPS) is 21.9. The number of nitrogens with two attached hydrogens (primary N) is 1. The maximum absolute atomic E-state index is 6.09. The Morgan fingerprint density at radius 1 is 1.57 bits per heavy atom. The Bertz CT molecular complexity index is 491. The summed E-state index contributed by atoms with van der Waals surface area (Å²) >= 11 is 2.23. The number of hydrogen-bond donors (Lipinski definition) is 1. The lowest BCUT2D eigenvalue weighted by atomic mass is 9.84. The molecule has 0 unspecified atom stereocenters. The highest BCUT2D eigenvalue weighted by Gasteiger charge is 2.26. The Labute approximate surface area is 140 Å². The van der Waals surface area contributed by atoms with E-state index in [0.717, 1.165) is 34.7 Å². The minimum Gasteiger partial charge on any atom is -0.381 e. The third kappa shape index (κ3) is 4.18. The van der Waals surface area contributed by atoms with E-state index in [2.05, 4.69) is 49.1 Å². The fraction of sp³-hybridized carbons (Fsp3) is 0.500. The van der Waals surface area contributed by atoms with Crippen LogP contribution in [0.4, 0.5) is 0 Å². The van der Waals surface area contributed by atoms with Crippen LogP contribution in [0.25, 0.3) is 0 Å². The van der Waals surface area contributed by atoms with Crippen LogP contribution in [-0.4, -0.2) is 31.4 Å². The van der Waals surface area contributed by atoms with E-state index >= 15 is 0 Å². The molecule has 5 heteroatoms. The van der Waals surface area contributed by atoms with E-state index in [1.807, 2.05) is 12.3 Å². The Hall–Kier alpha value is -0.630. The van der Waals surface area contributed by atoms with E-state index in [1.54, 1.807) is 11.1 Å². The zero-order valence-corrected chi connectivity index (χ0v) is 14.8. The lowest BCUT2D eigenvalue weighted by molar-refractivity contribution is -0.0784. The summed E-state index contributed by atoms with van der Waals surface area (Å²) in [5.74, 6) is 6.65. The molecule has 0 saturated carbocycles. The summed E-state index contributed by atoms with van der Waals surface area (Å²) in [6, 6.07) is 0. The Kier molecular flexibility index (Phi) is 5.65. The van der Waals surface area contributed by atoms with Crippen LogP contribution >= 0.6 is 22.6 Å². The van der Waals surface area contributed by atoms with Gasteiger partial charge < -0.3 is 9.47 Å². The quantitative estimate of drug-likeness (QED) is 0.548. The number of rotatable bonds is 6. The van der Waals surface area contributed by atoms with Crippen molar-refractivity contribution >= 4 is 22.6 Å². The van der Waals surface area contributed by atoms with E-state index in [9.17, 15) is 0 Å². The summed E-state index contributed by atoms with van der Waals surface area (Å²) in [7, 11) is 0. The number of nitrogens with zero attached hydrogens (tertiary/aromatic N) is 1. The molecule has 1 saturated heterocycles. The first-order valence-electron chi connectivity index (χ1n) is 7.06. The number of ether oxygens (including phenoxy) is 2. The van der Waals surface area contributed by atoms with Gasteiger partial charge >= 0.3 is 0 Å². The second-order valence-corrected chi connectivity index (χ2v) is 7.23. The molecule has 0 atom stereocenters. The summed E-state index contributed by atoms with van der Waals surface area (Å²) in [4.78, 5) is 0. The highest BCUT2D eigenvalue weighted by Crippen LogP contribution is 2.32. The van der Waals surface area contributed by atoms with Crippen LogP contribution in [0.5, 0.6) is 0 Å². The van der Waals surface area contributed by atoms with Crippen molar-refractivity contribution in [3.8, 4) is 0 Å². The highest BCUT2D eigenvalue weighted by molar-refractivity contribution is 14.1. The van der Waals surface area contributed by atoms with Gasteiger partial charge in [0.25, 0.3) is 0 Å². The van der Waals surface area contributed by atoms with Gasteiger partial charge in [-0.15, -0.1) is 0 Å². The largest absolute Gasteiger partial charge is 0.381 e. The van der Waals surface area contributed by atoms with E-state index in [-0.39, 0.29) is 5.41 Å². The molecule has 0 spiro atoms. The standard InChI is InChI=1S/C16H23IN2O2/c1-4-14(17)15-6-5-13(7-19(15)18)16(2,3)11-21-10-12-8-20-9-12/h4-7,12H,1,8-11,18H2,2-3H3/b15-14+. The molecule has 0 aromatic carbocycles. The zero-order chi connectivity index (χ0) is 15.5. The minimum absolute atomic E-state index is 0.0795. The van der Waals surface area contributed by atoms with Gasteiger partial charge in [-0.3, -0.25) is 5.01 Å². The van der Waals surface area contributed by atoms with E-state index in [0.29, 0.717) is 12.5 Å². The summed E-state index contributed by atoms with van der Waals surface area (Å²) in [5.41, 5.74) is 2.04. The smallest absolute Gasteiger partial charge is 0.0701 e. The molecule has 0 amide bonds. The van der Waals surface area contributed by atoms with Crippen LogP contribution in [0.2, 0.25) is 0 Å². The molecule has 0 aliphatic carbocycles. The van der Waals surface area contributed by atoms with Crippen LogP contribution in [0.15, 0.2) is 45.9 Å². The van der Waals surface area contributed by atoms with Gasteiger partial charge in [0.2, 0.25) is 0 Å². The third-order valence-corrected chi connectivity index (χ3v) is 4.70. The van der Waals surface area contributed by atoms with Crippen LogP contribution in [0.1, 0.15) is 13.8 Å². The fourth-order valence-corrected chi connectivity index (χ4v) is 2.63. The first-order chi connectivity index (χ1) is 9.94. The van der Waals surface area contributed by atoms with Crippen LogP contribution < -0.4 is 5.84 Å². The van der Waals surface area contributed by atoms with Gasteiger partial charge in [-0.05, 0) is 34.2 Å². The molecule has 116 valence electrons. The highest BCUT2D eigenvalue weighted by atomic mass is 127. The maximum atomic E-state index is 6.09. The molecule has 0 aromatic heterocycles. The molecule has 4 nitrogen and oxygen atoms in total. The Morgan fingerprint density at radius 3 is 2.81 bits per heavy atom. The number of hydrogen-bond acceptors (Lipinski definition) is 4. The second-order valence-electron chi connectivity index (χ2n) is 6.06. The van der Waals surface area contributed by atoms with Gasteiger partial charge in [0.15, 0.2) is 0 Å². The summed E-state index contributed by atoms with van der Waals surface area (Å²) < 4.78 is 12.0. The van der Waals surface area contributed by atoms with Gasteiger partial charge in [0, 0.05) is 21.1 Å². The number of hydrazine groups is 1. The monoisotopic (exact) mass is 402 g/mol. The lowest BCUT2D eigenvalue weighted by Crippen LogP contribution is -2.34. The van der Waals surface area contributed by atoms with Crippen molar-refractivity contribution < 1.29 is 9.47 Å². The predicted molar refractivity (Wildman–Crippen MR) is 93.4 cm³/mol. The van der Waals surface area contributed by atoms with Crippen LogP contribution in [0, 0.1) is 11.3 Å². The average Bonchev–Trinajstić information content (AvgIpc) is 2.40. The van der Waals surface area contributed by atoms with Crippen LogP contribution in [-0.2, 0) is 9.47 Å². The minimum atomic E-state index is -0.0795. The molecule has 21 heavy (non-hydrogen) atoms. The molecule has 0 aromatic rings. The summed E-state index contributed by atoms with van der Waals surface area (Å²) in [5, 5.41) is 1.65. The summed E-state index contributed by atoms with van der Waals surface area (Å²) in [6.07, 6.45) is 7.90. The Morgan fingerprint density at radius 2 is 2.29 bits per heavy atom. The third-order valence-electron chi connectivity index (χ3n) is 3.71. The second kappa shape index (κ2) is 7.09. The summed E-state index contributed by atoms with van der Waals surface area (Å²) in [6.45, 7) is 11.2. The first-order valence-corrected chi connectivity index (χ1v) is 8.14. The Balaban J connectivity index is 1.96. The van der Waals surface area contributed by atoms with Crippen molar-refractivity contribution in [2.75, 3.05) is 26.4 Å². The topological polar surface area (TPSA) is 47.7 Å². The van der Waals surface area contributed by atoms with E-state index in [4.69, 9.17) is 15.3 Å². The molecular formula is C16H23IN2O2. The van der Waals surface area contributed by atoms with Gasteiger partial charge in [0.05, 0.1) is 32.1 Å². The van der Waals surface area contributed by atoms with Gasteiger partial charge in [-0.2, -0.15) is 0 Å². The molecule has 0 bridgehead atoms. The SMILES string of the molecule is C=C/C(I)=C1/C=CC(C(C)(C)COCC2COC2)=CN1N. The van der Waals surface area contributed by atoms with Crippen molar-refractivity contribution in [2.45, 2.75) is 13.8 Å². The lowest BCUT2D eigenvalue weighted by Gasteiger charge is -2.32. The average molecular weight is 402 g/mol. The van der Waals surface area contributed by atoms with E-state index < -0.39 is 0 Å². The zero-order valence-electron chi connectivity index (χ0n) is 12.6. The maximum Gasteiger partial charge on any atom is 0.0701 e. The molecule has 1 fully saturated rings. The van der Waals surface area contributed by atoms with E-state index in [1.165, 1.54) is 0 Å². The van der Waals surface area contributed by atoms with Crippen molar-refractivity contribution in [3.63, 3.8) is 0 Å². The molecule has 2 rings (SSSR count). The molecule has 2 aliphatic heterocycles. The number of halogens is 1. The van der Waals surface area contributed by atoms with Gasteiger partial charge in [-0.25, -0.2) is 5.84 Å². The molecular weight excluding hydrogens is 379 g/mol. The van der Waals surface area contributed by atoms with Gasteiger partial charge in [-0.1, -0.05) is 32.6 Å². The molecule has 2 heterocycles. The molecule has 2 N–H and O–H groups in total. The molecule has 0 radical (unpaired) electrons. The number of allylic oxidation sites excluding steroid dienone is 4. The fourth-order valence-electron chi connectivity index (χ4n) is 2.17. The van der Waals surface area contributed by atoms with Gasteiger partial charge in [0.1, 0.15) is 0 Å². The van der Waals surface area contributed by atoms with Crippen molar-refractivity contribution in [1.29, 1.82) is 0 Å². The van der Waals surface area contributed by atoms with Crippen molar-refractivity contribution in [2.24, 2.45) is 17.2 Å². The molecule has 2 aliphatic rings. The van der Waals surface area contributed by atoms with Crippen molar-refractivity contribution in [1.82, 2.24) is 5.01 Å².